The van der Waals surface area contributed by atoms with Crippen LogP contribution in [0.3, 0.4) is 0 Å². The smallest absolute Gasteiger partial charge is 0.308 e. The molecule has 6 heteroatoms. The largest absolute Gasteiger partial charge is 0.469 e. The van der Waals surface area contributed by atoms with Gasteiger partial charge < -0.3 is 4.74 Å². The van der Waals surface area contributed by atoms with Crippen LogP contribution in [0.1, 0.15) is 37.3 Å². The van der Waals surface area contributed by atoms with Crippen LogP contribution in [-0.2, 0) is 9.53 Å². The van der Waals surface area contributed by atoms with Crippen LogP contribution in [0.5, 0.6) is 0 Å². The quantitative estimate of drug-likeness (QED) is 0.628. The number of benzene rings is 1. The lowest BCUT2D eigenvalue weighted by Crippen LogP contribution is -2.25. The van der Waals surface area contributed by atoms with E-state index in [1.165, 1.54) is 13.2 Å². The van der Waals surface area contributed by atoms with E-state index in [0.29, 0.717) is 25.7 Å². The molecular formula is C15H17F2NO3. The second-order valence-electron chi connectivity index (χ2n) is 5.35. The van der Waals surface area contributed by atoms with Crippen molar-refractivity contribution in [2.45, 2.75) is 31.7 Å². The van der Waals surface area contributed by atoms with Gasteiger partial charge in [0.15, 0.2) is 0 Å². The van der Waals surface area contributed by atoms with Gasteiger partial charge in [-0.3, -0.25) is 4.79 Å². The molecule has 0 bridgehead atoms. The Hall–Kier alpha value is -1.85. The Morgan fingerprint density at radius 1 is 1.29 bits per heavy atom. The number of nitrogens with zero attached hydrogens (tertiary/aromatic N) is 1. The van der Waals surface area contributed by atoms with Crippen molar-refractivity contribution >= 4 is 5.97 Å². The molecule has 0 amide bonds. The lowest BCUT2D eigenvalue weighted by Gasteiger charge is -2.29. The first kappa shape index (κ1) is 15.5. The van der Waals surface area contributed by atoms with Crippen LogP contribution < -0.4 is 0 Å². The van der Waals surface area contributed by atoms with Crippen LogP contribution in [0.4, 0.5) is 8.78 Å². The molecule has 0 aromatic heterocycles. The summed E-state index contributed by atoms with van der Waals surface area (Å²) in [6.45, 7) is 0. The van der Waals surface area contributed by atoms with Crippen molar-refractivity contribution in [3.63, 3.8) is 0 Å². The second kappa shape index (κ2) is 6.74. The van der Waals surface area contributed by atoms with Gasteiger partial charge in [0.05, 0.1) is 13.0 Å². The molecule has 1 atom stereocenters. The van der Waals surface area contributed by atoms with Crippen LogP contribution in [0.15, 0.2) is 23.4 Å². The molecule has 1 aromatic carbocycles. The van der Waals surface area contributed by atoms with E-state index >= 15 is 0 Å². The number of rotatable bonds is 4. The third-order valence-electron chi connectivity index (χ3n) is 4.15. The molecule has 0 radical (unpaired) electrons. The number of esters is 1. The maximum absolute atomic E-state index is 13.8. The molecule has 4 nitrogen and oxygen atoms in total. The minimum atomic E-state index is -0.843. The number of ether oxygens (including phenoxy) is 1. The number of carbonyl (C=O) groups excluding carboxylic acids is 1. The summed E-state index contributed by atoms with van der Waals surface area (Å²) in [6, 6.07) is 2.30. The van der Waals surface area contributed by atoms with Gasteiger partial charge in [-0.2, -0.15) is 4.91 Å². The summed E-state index contributed by atoms with van der Waals surface area (Å²) in [5, 5.41) is 3.03. The van der Waals surface area contributed by atoms with Crippen molar-refractivity contribution in [2.75, 3.05) is 7.11 Å². The molecule has 114 valence electrons. The molecule has 2 rings (SSSR count). The first-order chi connectivity index (χ1) is 10.1. The average Bonchev–Trinajstić information content (AvgIpc) is 2.50. The summed E-state index contributed by atoms with van der Waals surface area (Å²) in [7, 11) is 1.35. The lowest BCUT2D eigenvalue weighted by atomic mass is 9.77. The van der Waals surface area contributed by atoms with Crippen LogP contribution in [0.25, 0.3) is 0 Å². The number of halogens is 2. The van der Waals surface area contributed by atoms with Crippen LogP contribution in [0, 0.1) is 28.4 Å². The van der Waals surface area contributed by atoms with Gasteiger partial charge in [0.25, 0.3) is 0 Å². The van der Waals surface area contributed by atoms with E-state index in [4.69, 9.17) is 4.74 Å². The molecule has 0 N–H and O–H groups in total. The molecule has 1 aromatic rings. The molecule has 0 heterocycles. The maximum Gasteiger partial charge on any atom is 0.308 e. The Balaban J connectivity index is 2.09. The Morgan fingerprint density at radius 3 is 2.48 bits per heavy atom. The van der Waals surface area contributed by atoms with Gasteiger partial charge in [0.1, 0.15) is 17.7 Å². The highest BCUT2D eigenvalue weighted by molar-refractivity contribution is 5.72. The van der Waals surface area contributed by atoms with Crippen molar-refractivity contribution in [3.05, 3.63) is 40.3 Å². The summed E-state index contributed by atoms with van der Waals surface area (Å²) >= 11 is 0. The monoisotopic (exact) mass is 297 g/mol. The third kappa shape index (κ3) is 3.43. The minimum Gasteiger partial charge on any atom is -0.469 e. The van der Waals surface area contributed by atoms with Gasteiger partial charge in [0.2, 0.25) is 0 Å². The van der Waals surface area contributed by atoms with Gasteiger partial charge in [0, 0.05) is 11.6 Å². The van der Waals surface area contributed by atoms with Crippen LogP contribution in [-0.4, -0.2) is 13.1 Å². The molecule has 1 fully saturated rings. The van der Waals surface area contributed by atoms with E-state index in [1.807, 2.05) is 0 Å². The second-order valence-corrected chi connectivity index (χ2v) is 5.35. The van der Waals surface area contributed by atoms with Crippen molar-refractivity contribution in [2.24, 2.45) is 17.0 Å². The van der Waals surface area contributed by atoms with Gasteiger partial charge >= 0.3 is 5.97 Å². The summed E-state index contributed by atoms with van der Waals surface area (Å²) in [5.41, 5.74) is 0.118. The van der Waals surface area contributed by atoms with Crippen molar-refractivity contribution < 1.29 is 18.3 Å². The highest BCUT2D eigenvalue weighted by atomic mass is 19.1. The van der Waals surface area contributed by atoms with E-state index in [-0.39, 0.29) is 23.4 Å². The Morgan fingerprint density at radius 2 is 1.95 bits per heavy atom. The van der Waals surface area contributed by atoms with Crippen molar-refractivity contribution in [1.29, 1.82) is 0 Å². The average molecular weight is 297 g/mol. The lowest BCUT2D eigenvalue weighted by molar-refractivity contribution is -0.146. The molecule has 1 aliphatic rings. The standard InChI is InChI=1S/C15H17F2NO3/c1-21-15(19)10-4-2-9(3-5-10)14(18-20)12-7-6-11(16)8-13(12)17/h6-10,14H,2-5H2,1H3. The fourth-order valence-corrected chi connectivity index (χ4v) is 2.98. The third-order valence-corrected chi connectivity index (χ3v) is 4.15. The van der Waals surface area contributed by atoms with Crippen LogP contribution in [0.2, 0.25) is 0 Å². The summed E-state index contributed by atoms with van der Waals surface area (Å²) in [6.07, 6.45) is 2.36. The van der Waals surface area contributed by atoms with Gasteiger partial charge in [-0.15, -0.1) is 0 Å². The molecule has 0 saturated heterocycles. The maximum atomic E-state index is 13.8. The molecule has 21 heavy (non-hydrogen) atoms. The number of carbonyl (C=O) groups is 1. The number of hydrogen-bond donors (Lipinski definition) is 0. The Kier molecular flexibility index (Phi) is 4.98. The zero-order valence-electron chi connectivity index (χ0n) is 11.7. The van der Waals surface area contributed by atoms with Gasteiger partial charge in [-0.25, -0.2) is 8.78 Å². The Labute approximate surface area is 121 Å². The molecule has 0 aliphatic heterocycles. The first-order valence-electron chi connectivity index (χ1n) is 6.92. The van der Waals surface area contributed by atoms with Crippen molar-refractivity contribution in [3.8, 4) is 0 Å². The van der Waals surface area contributed by atoms with Crippen molar-refractivity contribution in [1.82, 2.24) is 0 Å². The number of nitroso groups, excluding NO2 is 1. The van der Waals surface area contributed by atoms with E-state index < -0.39 is 17.7 Å². The predicted octanol–water partition coefficient (Wildman–Crippen LogP) is 3.75. The topological polar surface area (TPSA) is 55.7 Å². The van der Waals surface area contributed by atoms with E-state index in [2.05, 4.69) is 5.18 Å². The first-order valence-corrected chi connectivity index (χ1v) is 6.92. The minimum absolute atomic E-state index is 0.118. The number of hydrogen-bond acceptors (Lipinski definition) is 4. The zero-order valence-corrected chi connectivity index (χ0v) is 11.7. The normalized spacial score (nSPS) is 23.4. The van der Waals surface area contributed by atoms with Crippen LogP contribution >= 0.6 is 0 Å². The van der Waals surface area contributed by atoms with Gasteiger partial charge in [-0.05, 0) is 37.7 Å². The molecule has 0 spiro atoms. The summed E-state index contributed by atoms with van der Waals surface area (Å²) in [4.78, 5) is 22.6. The molecular weight excluding hydrogens is 280 g/mol. The molecule has 1 saturated carbocycles. The fraction of sp³-hybridized carbons (Fsp3) is 0.533. The fourth-order valence-electron chi connectivity index (χ4n) is 2.98. The summed E-state index contributed by atoms with van der Waals surface area (Å²) < 4.78 is 31.4. The van der Waals surface area contributed by atoms with E-state index in [9.17, 15) is 18.5 Å². The molecule has 1 unspecified atom stereocenters. The Bertz CT molecular complexity index is 528. The van der Waals surface area contributed by atoms with E-state index in [0.717, 1.165) is 12.1 Å². The highest BCUT2D eigenvalue weighted by Crippen LogP contribution is 2.40. The molecule has 1 aliphatic carbocycles. The predicted molar refractivity (Wildman–Crippen MR) is 72.4 cm³/mol. The number of methoxy groups -OCH3 is 1. The van der Waals surface area contributed by atoms with E-state index in [1.54, 1.807) is 0 Å². The summed E-state index contributed by atoms with van der Waals surface area (Å²) in [5.74, 6) is -2.00. The SMILES string of the molecule is COC(=O)C1CCC(C(N=O)c2ccc(F)cc2F)CC1. The zero-order chi connectivity index (χ0) is 15.4. The highest BCUT2D eigenvalue weighted by Gasteiger charge is 2.33. The van der Waals surface area contributed by atoms with Gasteiger partial charge in [-0.1, -0.05) is 11.2 Å².